The van der Waals surface area contributed by atoms with E-state index in [1.807, 2.05) is 73.0 Å². The number of carbonyl (C=O) groups is 1. The van der Waals surface area contributed by atoms with Gasteiger partial charge < -0.3 is 20.0 Å². The van der Waals surface area contributed by atoms with Crippen LogP contribution in [0.4, 0.5) is 0 Å². The highest BCUT2D eigenvalue weighted by atomic mass is 16.3. The molecule has 4 unspecified atom stereocenters. The van der Waals surface area contributed by atoms with Gasteiger partial charge >= 0.3 is 0 Å². The SMILES string of the molecule is CN1C=CC(=CC2C(=O)C(O)C(C=C3C=CN(C)C=C3)C2O)C=C1. The molecular formula is C19H22N2O3. The summed E-state index contributed by atoms with van der Waals surface area (Å²) in [6.45, 7) is 0. The summed E-state index contributed by atoms with van der Waals surface area (Å²) >= 11 is 0. The molecule has 2 N–H and O–H groups in total. The van der Waals surface area contributed by atoms with E-state index in [1.165, 1.54) is 0 Å². The molecule has 0 spiro atoms. The van der Waals surface area contributed by atoms with Crippen molar-refractivity contribution >= 4 is 5.78 Å². The Morgan fingerprint density at radius 1 is 0.875 bits per heavy atom. The fraction of sp³-hybridized carbons (Fsp3) is 0.316. The zero-order valence-electron chi connectivity index (χ0n) is 13.8. The summed E-state index contributed by atoms with van der Waals surface area (Å²) in [4.78, 5) is 16.2. The van der Waals surface area contributed by atoms with Crippen molar-refractivity contribution in [2.24, 2.45) is 11.8 Å². The van der Waals surface area contributed by atoms with Gasteiger partial charge in [0.2, 0.25) is 0 Å². The Bertz CT molecular complexity index is 667. The number of rotatable bonds is 2. The Kier molecular flexibility index (Phi) is 4.55. The van der Waals surface area contributed by atoms with Crippen LogP contribution in [-0.2, 0) is 4.79 Å². The van der Waals surface area contributed by atoms with Crippen molar-refractivity contribution in [3.63, 3.8) is 0 Å². The molecule has 5 nitrogen and oxygen atoms in total. The molecule has 4 atom stereocenters. The van der Waals surface area contributed by atoms with E-state index in [0.717, 1.165) is 11.1 Å². The first-order valence-corrected chi connectivity index (χ1v) is 7.96. The van der Waals surface area contributed by atoms with Gasteiger partial charge in [-0.25, -0.2) is 0 Å². The number of ketones is 1. The fourth-order valence-corrected chi connectivity index (χ4v) is 3.03. The van der Waals surface area contributed by atoms with Gasteiger partial charge in [-0.05, 0) is 35.5 Å². The number of aliphatic hydroxyl groups is 2. The molecule has 0 bridgehead atoms. The topological polar surface area (TPSA) is 64.0 Å². The number of hydrogen-bond acceptors (Lipinski definition) is 5. The third kappa shape index (κ3) is 3.27. The van der Waals surface area contributed by atoms with E-state index in [9.17, 15) is 15.0 Å². The molecule has 3 rings (SSSR count). The van der Waals surface area contributed by atoms with Crippen LogP contribution >= 0.6 is 0 Å². The van der Waals surface area contributed by atoms with Crippen LogP contribution in [0.3, 0.4) is 0 Å². The van der Waals surface area contributed by atoms with Crippen LogP contribution in [-0.4, -0.2) is 52.1 Å². The molecule has 0 aromatic carbocycles. The van der Waals surface area contributed by atoms with Gasteiger partial charge in [-0.3, -0.25) is 4.79 Å². The summed E-state index contributed by atoms with van der Waals surface area (Å²) < 4.78 is 0. The minimum Gasteiger partial charge on any atom is -0.391 e. The molecular weight excluding hydrogens is 304 g/mol. The first-order valence-electron chi connectivity index (χ1n) is 7.96. The molecule has 1 aliphatic carbocycles. The van der Waals surface area contributed by atoms with Crippen molar-refractivity contribution in [1.82, 2.24) is 9.80 Å². The van der Waals surface area contributed by atoms with E-state index in [2.05, 4.69) is 0 Å². The van der Waals surface area contributed by atoms with Crippen LogP contribution in [0.2, 0.25) is 0 Å². The maximum absolute atomic E-state index is 12.4. The highest BCUT2D eigenvalue weighted by molar-refractivity contribution is 5.91. The third-order valence-corrected chi connectivity index (χ3v) is 4.51. The summed E-state index contributed by atoms with van der Waals surface area (Å²) in [6, 6.07) is 0. The Morgan fingerprint density at radius 2 is 1.33 bits per heavy atom. The predicted molar refractivity (Wildman–Crippen MR) is 92.3 cm³/mol. The molecule has 126 valence electrons. The molecule has 3 aliphatic rings. The number of allylic oxidation sites excluding steroid dienone is 6. The Labute approximate surface area is 141 Å². The van der Waals surface area contributed by atoms with Crippen LogP contribution in [0.1, 0.15) is 0 Å². The molecule has 1 fully saturated rings. The maximum atomic E-state index is 12.4. The lowest BCUT2D eigenvalue weighted by atomic mass is 9.95. The Balaban J connectivity index is 1.81. The van der Waals surface area contributed by atoms with E-state index in [4.69, 9.17) is 0 Å². The van der Waals surface area contributed by atoms with Gasteiger partial charge in [0.1, 0.15) is 6.10 Å². The van der Waals surface area contributed by atoms with Crippen molar-refractivity contribution < 1.29 is 15.0 Å². The summed E-state index contributed by atoms with van der Waals surface area (Å²) in [6.07, 6.45) is 16.4. The van der Waals surface area contributed by atoms with Gasteiger partial charge in [-0.15, -0.1) is 0 Å². The first-order chi connectivity index (χ1) is 11.5. The van der Waals surface area contributed by atoms with Crippen LogP contribution in [0.15, 0.2) is 72.4 Å². The van der Waals surface area contributed by atoms with Gasteiger partial charge in [0.25, 0.3) is 0 Å². The van der Waals surface area contributed by atoms with Gasteiger partial charge in [-0.2, -0.15) is 0 Å². The lowest BCUT2D eigenvalue weighted by molar-refractivity contribution is -0.127. The molecule has 5 heteroatoms. The standard InChI is InChI=1S/C19H22N2O3/c1-20-7-3-13(4-8-20)11-15-17(22)16(19(24)18(15)23)12-14-5-9-21(2)10-6-14/h3-12,15-18,22-23H,1-2H3. The molecule has 0 amide bonds. The van der Waals surface area contributed by atoms with E-state index in [-0.39, 0.29) is 5.78 Å². The van der Waals surface area contributed by atoms with E-state index >= 15 is 0 Å². The van der Waals surface area contributed by atoms with Crippen molar-refractivity contribution in [2.45, 2.75) is 12.2 Å². The van der Waals surface area contributed by atoms with Gasteiger partial charge in [0.15, 0.2) is 5.78 Å². The average molecular weight is 326 g/mol. The van der Waals surface area contributed by atoms with Gasteiger partial charge in [0, 0.05) is 44.8 Å². The quantitative estimate of drug-likeness (QED) is 0.801. The van der Waals surface area contributed by atoms with Crippen molar-refractivity contribution in [1.29, 1.82) is 0 Å². The minimum atomic E-state index is -1.19. The smallest absolute Gasteiger partial charge is 0.171 e. The monoisotopic (exact) mass is 326 g/mol. The van der Waals surface area contributed by atoms with Crippen molar-refractivity contribution in [2.75, 3.05) is 14.1 Å². The molecule has 2 heterocycles. The lowest BCUT2D eigenvalue weighted by Gasteiger charge is -2.18. The fourth-order valence-electron chi connectivity index (χ4n) is 3.03. The summed E-state index contributed by atoms with van der Waals surface area (Å²) in [5, 5.41) is 20.8. The molecule has 1 saturated carbocycles. The van der Waals surface area contributed by atoms with Crippen LogP contribution in [0, 0.1) is 11.8 Å². The summed E-state index contributed by atoms with van der Waals surface area (Å²) in [7, 11) is 3.82. The molecule has 0 radical (unpaired) electrons. The zero-order valence-corrected chi connectivity index (χ0v) is 13.8. The number of hydrogen-bond donors (Lipinski definition) is 2. The third-order valence-electron chi connectivity index (χ3n) is 4.51. The Morgan fingerprint density at radius 3 is 1.83 bits per heavy atom. The average Bonchev–Trinajstić information content (AvgIpc) is 2.76. The van der Waals surface area contributed by atoms with Crippen LogP contribution in [0.5, 0.6) is 0 Å². The predicted octanol–water partition coefficient (Wildman–Crippen LogP) is 1.32. The Hall–Kier alpha value is -2.37. The number of aliphatic hydroxyl groups excluding tert-OH is 2. The van der Waals surface area contributed by atoms with Gasteiger partial charge in [-0.1, -0.05) is 12.2 Å². The molecule has 24 heavy (non-hydrogen) atoms. The molecule has 0 saturated heterocycles. The normalized spacial score (nSPS) is 32.1. The first kappa shape index (κ1) is 16.5. The number of nitrogens with zero attached hydrogens (tertiary/aromatic N) is 2. The number of carbonyl (C=O) groups excluding carboxylic acids is 1. The second kappa shape index (κ2) is 6.63. The lowest BCUT2D eigenvalue weighted by Crippen LogP contribution is -2.23. The maximum Gasteiger partial charge on any atom is 0.171 e. The minimum absolute atomic E-state index is 0.335. The van der Waals surface area contributed by atoms with Crippen LogP contribution in [0.25, 0.3) is 0 Å². The van der Waals surface area contributed by atoms with E-state index < -0.39 is 24.0 Å². The highest BCUT2D eigenvalue weighted by Gasteiger charge is 2.46. The molecule has 2 aliphatic heterocycles. The van der Waals surface area contributed by atoms with Gasteiger partial charge in [0.05, 0.1) is 12.0 Å². The highest BCUT2D eigenvalue weighted by Crippen LogP contribution is 2.33. The van der Waals surface area contributed by atoms with Crippen LogP contribution < -0.4 is 0 Å². The molecule has 0 aromatic heterocycles. The van der Waals surface area contributed by atoms with E-state index in [1.54, 1.807) is 12.2 Å². The largest absolute Gasteiger partial charge is 0.391 e. The number of Topliss-reactive ketones (excluding diaryl/α,β-unsaturated/α-hetero) is 1. The summed E-state index contributed by atoms with van der Waals surface area (Å²) in [5.74, 6) is -1.64. The summed E-state index contributed by atoms with van der Waals surface area (Å²) in [5.41, 5.74) is 1.72. The van der Waals surface area contributed by atoms with E-state index in [0.29, 0.717) is 0 Å². The second-order valence-corrected chi connectivity index (χ2v) is 6.37. The zero-order chi connectivity index (χ0) is 17.3. The van der Waals surface area contributed by atoms with Crippen molar-refractivity contribution in [3.05, 3.63) is 72.4 Å². The second-order valence-electron chi connectivity index (χ2n) is 6.37. The van der Waals surface area contributed by atoms with Crippen molar-refractivity contribution in [3.8, 4) is 0 Å². The molecule has 0 aromatic rings.